The molecule has 2 aliphatic rings. The normalized spacial score (nSPS) is 21.5. The van der Waals surface area contributed by atoms with E-state index in [1.54, 1.807) is 12.1 Å². The SMILES string of the molecule is CC1(C)CC(=O)C2=C(C1)Nc1onc(C(C)(C)C)c1[C@H]2c1ccc(O)cc1. The molecule has 0 spiro atoms. The molecule has 0 radical (unpaired) electrons. The number of Topliss-reactive ketones (excluding diaryl/α,β-unsaturated/α-hetero) is 1. The Morgan fingerprint density at radius 3 is 2.48 bits per heavy atom. The molecule has 0 saturated carbocycles. The van der Waals surface area contributed by atoms with Crippen LogP contribution in [0.2, 0.25) is 0 Å². The summed E-state index contributed by atoms with van der Waals surface area (Å²) < 4.78 is 5.69. The molecule has 0 saturated heterocycles. The first-order valence-corrected chi connectivity index (χ1v) is 9.39. The van der Waals surface area contributed by atoms with Gasteiger partial charge in [0, 0.05) is 29.0 Å². The van der Waals surface area contributed by atoms with Crippen LogP contribution in [0.25, 0.3) is 0 Å². The fraction of sp³-hybridized carbons (Fsp3) is 0.455. The van der Waals surface area contributed by atoms with Gasteiger partial charge in [-0.05, 0) is 29.5 Å². The summed E-state index contributed by atoms with van der Waals surface area (Å²) in [7, 11) is 0. The summed E-state index contributed by atoms with van der Waals surface area (Å²) in [5.41, 5.74) is 4.17. The molecule has 1 atom stereocenters. The molecular weight excluding hydrogens is 340 g/mol. The van der Waals surface area contributed by atoms with Gasteiger partial charge >= 0.3 is 0 Å². The Labute approximate surface area is 159 Å². The Morgan fingerprint density at radius 1 is 1.19 bits per heavy atom. The number of hydrogen-bond donors (Lipinski definition) is 2. The number of anilines is 1. The number of aromatic nitrogens is 1. The number of phenolic OH excluding ortho intramolecular Hbond substituents is 1. The smallest absolute Gasteiger partial charge is 0.233 e. The molecule has 2 N–H and O–H groups in total. The molecule has 2 aromatic rings. The average Bonchev–Trinajstić information content (AvgIpc) is 2.96. The molecule has 5 nitrogen and oxygen atoms in total. The second-order valence-corrected chi connectivity index (χ2v) is 9.51. The number of hydrogen-bond acceptors (Lipinski definition) is 5. The zero-order chi connectivity index (χ0) is 19.6. The van der Waals surface area contributed by atoms with Crippen molar-refractivity contribution < 1.29 is 14.4 Å². The minimum Gasteiger partial charge on any atom is -0.508 e. The van der Waals surface area contributed by atoms with Gasteiger partial charge in [0.2, 0.25) is 5.88 Å². The number of fused-ring (bicyclic) bond motifs is 1. The Balaban J connectivity index is 1.96. The van der Waals surface area contributed by atoms with E-state index in [1.165, 1.54) is 0 Å². The monoisotopic (exact) mass is 366 g/mol. The third-order valence-corrected chi connectivity index (χ3v) is 5.43. The average molecular weight is 366 g/mol. The van der Waals surface area contributed by atoms with Gasteiger partial charge in [0.05, 0.1) is 11.3 Å². The van der Waals surface area contributed by atoms with Gasteiger partial charge in [-0.15, -0.1) is 0 Å². The molecule has 5 heteroatoms. The fourth-order valence-corrected chi connectivity index (χ4v) is 4.26. The molecule has 0 bridgehead atoms. The maximum absolute atomic E-state index is 13.2. The van der Waals surface area contributed by atoms with Crippen molar-refractivity contribution in [3.63, 3.8) is 0 Å². The van der Waals surface area contributed by atoms with Crippen molar-refractivity contribution in [2.45, 2.75) is 58.8 Å². The molecule has 2 heterocycles. The maximum Gasteiger partial charge on any atom is 0.233 e. The molecule has 0 amide bonds. The Kier molecular flexibility index (Phi) is 3.78. The van der Waals surface area contributed by atoms with Crippen molar-refractivity contribution in [2.75, 3.05) is 5.32 Å². The Hall–Kier alpha value is -2.56. The predicted molar refractivity (Wildman–Crippen MR) is 104 cm³/mol. The van der Waals surface area contributed by atoms with Crippen LogP contribution in [0.15, 0.2) is 40.1 Å². The Bertz CT molecular complexity index is 943. The molecule has 0 fully saturated rings. The molecular formula is C22H26N2O3. The fourth-order valence-electron chi connectivity index (χ4n) is 4.26. The van der Waals surface area contributed by atoms with Gasteiger partial charge in [-0.25, -0.2) is 0 Å². The zero-order valence-electron chi connectivity index (χ0n) is 16.5. The first-order chi connectivity index (χ1) is 12.6. The van der Waals surface area contributed by atoms with Crippen molar-refractivity contribution in [2.24, 2.45) is 5.41 Å². The van der Waals surface area contributed by atoms with Crippen molar-refractivity contribution in [1.29, 1.82) is 0 Å². The highest BCUT2D eigenvalue weighted by molar-refractivity contribution is 6.01. The van der Waals surface area contributed by atoms with E-state index in [0.29, 0.717) is 12.3 Å². The lowest BCUT2D eigenvalue weighted by atomic mass is 9.68. The van der Waals surface area contributed by atoms with Gasteiger partial charge in [0.25, 0.3) is 0 Å². The van der Waals surface area contributed by atoms with Gasteiger partial charge < -0.3 is 14.9 Å². The van der Waals surface area contributed by atoms with Crippen LogP contribution in [-0.2, 0) is 10.2 Å². The number of carbonyl (C=O) groups excluding carboxylic acids is 1. The molecule has 0 unspecified atom stereocenters. The second-order valence-electron chi connectivity index (χ2n) is 9.51. The summed E-state index contributed by atoms with van der Waals surface area (Å²) in [6, 6.07) is 7.09. The highest BCUT2D eigenvalue weighted by Gasteiger charge is 2.44. The van der Waals surface area contributed by atoms with E-state index in [9.17, 15) is 9.90 Å². The van der Waals surface area contributed by atoms with Crippen molar-refractivity contribution in [1.82, 2.24) is 5.16 Å². The van der Waals surface area contributed by atoms with E-state index in [1.807, 2.05) is 12.1 Å². The number of benzene rings is 1. The van der Waals surface area contributed by atoms with Crippen LogP contribution in [0.4, 0.5) is 5.88 Å². The van der Waals surface area contributed by atoms with Crippen LogP contribution in [0, 0.1) is 5.41 Å². The lowest BCUT2D eigenvalue weighted by Crippen LogP contribution is -2.34. The summed E-state index contributed by atoms with van der Waals surface area (Å²) in [5, 5.41) is 17.5. The predicted octanol–water partition coefficient (Wildman–Crippen LogP) is 4.88. The van der Waals surface area contributed by atoms with Gasteiger partial charge in [-0.1, -0.05) is 51.9 Å². The highest BCUT2D eigenvalue weighted by atomic mass is 16.5. The molecule has 1 aliphatic heterocycles. The highest BCUT2D eigenvalue weighted by Crippen LogP contribution is 2.51. The van der Waals surface area contributed by atoms with E-state index < -0.39 is 0 Å². The second kappa shape index (κ2) is 5.72. The number of ketones is 1. The number of allylic oxidation sites excluding steroid dienone is 2. The van der Waals surface area contributed by atoms with E-state index in [0.717, 1.165) is 34.5 Å². The summed E-state index contributed by atoms with van der Waals surface area (Å²) in [6.45, 7) is 10.5. The van der Waals surface area contributed by atoms with Crippen molar-refractivity contribution >= 4 is 11.7 Å². The third kappa shape index (κ3) is 2.95. The molecule has 1 aliphatic carbocycles. The minimum absolute atomic E-state index is 0.0905. The van der Waals surface area contributed by atoms with Gasteiger partial charge in [0.15, 0.2) is 5.78 Å². The van der Waals surface area contributed by atoms with E-state index in [2.05, 4.69) is 45.1 Å². The number of aromatic hydroxyl groups is 1. The zero-order valence-corrected chi connectivity index (χ0v) is 16.5. The molecule has 1 aromatic carbocycles. The molecule has 1 aromatic heterocycles. The number of nitrogens with zero attached hydrogens (tertiary/aromatic N) is 1. The largest absolute Gasteiger partial charge is 0.508 e. The number of phenols is 1. The summed E-state index contributed by atoms with van der Waals surface area (Å²) in [6.07, 6.45) is 1.31. The summed E-state index contributed by atoms with van der Waals surface area (Å²) in [4.78, 5) is 13.2. The van der Waals surface area contributed by atoms with Crippen molar-refractivity contribution in [3.8, 4) is 5.75 Å². The van der Waals surface area contributed by atoms with Crippen LogP contribution in [-0.4, -0.2) is 16.0 Å². The standard InChI is InChI=1S/C22H26N2O3/c1-21(2,3)19-18-16(12-6-8-13(25)9-7-12)17-14(23-20(18)27-24-19)10-22(4,5)11-15(17)26/h6-9,16,23,25H,10-11H2,1-5H3/t16-/m0/s1. The lowest BCUT2D eigenvalue weighted by Gasteiger charge is -2.38. The Morgan fingerprint density at radius 2 is 1.85 bits per heavy atom. The summed E-state index contributed by atoms with van der Waals surface area (Å²) in [5.74, 6) is 0.765. The molecule has 142 valence electrons. The number of nitrogens with one attached hydrogen (secondary N) is 1. The molecule has 4 rings (SSSR count). The van der Waals surface area contributed by atoms with Crippen LogP contribution >= 0.6 is 0 Å². The first-order valence-electron chi connectivity index (χ1n) is 9.39. The van der Waals surface area contributed by atoms with Gasteiger partial charge in [0.1, 0.15) is 5.75 Å². The summed E-state index contributed by atoms with van der Waals surface area (Å²) >= 11 is 0. The third-order valence-electron chi connectivity index (χ3n) is 5.43. The topological polar surface area (TPSA) is 75.4 Å². The number of carbonyl (C=O) groups is 1. The minimum atomic E-state index is -0.235. The van der Waals surface area contributed by atoms with Gasteiger partial charge in [-0.2, -0.15) is 0 Å². The number of rotatable bonds is 1. The van der Waals surface area contributed by atoms with Gasteiger partial charge in [-0.3, -0.25) is 4.79 Å². The first kappa shape index (κ1) is 17.8. The van der Waals surface area contributed by atoms with Crippen molar-refractivity contribution in [3.05, 3.63) is 52.4 Å². The van der Waals surface area contributed by atoms with E-state index in [-0.39, 0.29) is 28.3 Å². The van der Waals surface area contributed by atoms with E-state index in [4.69, 9.17) is 4.52 Å². The molecule has 27 heavy (non-hydrogen) atoms. The van der Waals surface area contributed by atoms with Crippen LogP contribution < -0.4 is 5.32 Å². The van der Waals surface area contributed by atoms with Crippen LogP contribution in [0.3, 0.4) is 0 Å². The lowest BCUT2D eigenvalue weighted by molar-refractivity contribution is -0.118. The maximum atomic E-state index is 13.2. The van der Waals surface area contributed by atoms with Crippen LogP contribution in [0.5, 0.6) is 5.75 Å². The van der Waals surface area contributed by atoms with E-state index >= 15 is 0 Å². The van der Waals surface area contributed by atoms with Crippen LogP contribution in [0.1, 0.15) is 70.2 Å². The quantitative estimate of drug-likeness (QED) is 0.752.